The van der Waals surface area contributed by atoms with Crippen LogP contribution >= 0.6 is 0 Å². The predicted molar refractivity (Wildman–Crippen MR) is 74.2 cm³/mol. The molecule has 18 heavy (non-hydrogen) atoms. The van der Waals surface area contributed by atoms with Crippen LogP contribution in [0.25, 0.3) is 0 Å². The fraction of sp³-hybridized carbons (Fsp3) is 0.600. The lowest BCUT2D eigenvalue weighted by molar-refractivity contribution is 0.322. The van der Waals surface area contributed by atoms with Gasteiger partial charge in [-0.1, -0.05) is 26.0 Å². The average Bonchev–Trinajstić information content (AvgIpc) is 2.32. The molecule has 0 spiro atoms. The van der Waals surface area contributed by atoms with E-state index >= 15 is 0 Å². The molecular formula is C15H23FN2. The Morgan fingerprint density at radius 2 is 2.06 bits per heavy atom. The first-order valence-corrected chi connectivity index (χ1v) is 6.79. The Morgan fingerprint density at radius 3 is 2.67 bits per heavy atom. The smallest absolute Gasteiger partial charge is 0.146 e. The normalized spacial score (nSPS) is 26.2. The maximum absolute atomic E-state index is 14.1. The van der Waals surface area contributed by atoms with Gasteiger partial charge in [-0.15, -0.1) is 0 Å². The van der Waals surface area contributed by atoms with Crippen LogP contribution in [0.2, 0.25) is 0 Å². The summed E-state index contributed by atoms with van der Waals surface area (Å²) in [6.07, 6.45) is 1.12. The Labute approximate surface area is 109 Å². The molecule has 1 heterocycles. The number of nitrogens with two attached hydrogens (primary N) is 1. The summed E-state index contributed by atoms with van der Waals surface area (Å²) in [4.78, 5) is 2.17. The summed E-state index contributed by atoms with van der Waals surface area (Å²) in [5, 5.41) is 0. The summed E-state index contributed by atoms with van der Waals surface area (Å²) in [6, 6.07) is 5.08. The maximum Gasteiger partial charge on any atom is 0.146 e. The van der Waals surface area contributed by atoms with Gasteiger partial charge in [-0.3, -0.25) is 0 Å². The van der Waals surface area contributed by atoms with Crippen molar-refractivity contribution in [3.8, 4) is 0 Å². The van der Waals surface area contributed by atoms with Crippen molar-refractivity contribution in [1.29, 1.82) is 0 Å². The van der Waals surface area contributed by atoms with Gasteiger partial charge in [0.2, 0.25) is 0 Å². The fourth-order valence-corrected chi connectivity index (χ4v) is 2.70. The van der Waals surface area contributed by atoms with Crippen LogP contribution in [-0.2, 0) is 0 Å². The number of anilines is 1. The van der Waals surface area contributed by atoms with Gasteiger partial charge in [0.15, 0.2) is 0 Å². The number of benzene rings is 1. The monoisotopic (exact) mass is 250 g/mol. The molecule has 2 rings (SSSR count). The lowest BCUT2D eigenvalue weighted by Gasteiger charge is -2.38. The van der Waals surface area contributed by atoms with Crippen molar-refractivity contribution >= 4 is 5.69 Å². The van der Waals surface area contributed by atoms with Gasteiger partial charge in [0.25, 0.3) is 0 Å². The van der Waals surface area contributed by atoms with Crippen molar-refractivity contribution in [2.45, 2.75) is 33.2 Å². The van der Waals surface area contributed by atoms with Gasteiger partial charge in [0, 0.05) is 19.1 Å². The summed E-state index contributed by atoms with van der Waals surface area (Å²) in [6.45, 7) is 8.27. The Kier molecular flexibility index (Phi) is 3.91. The number of para-hydroxylation sites is 1. The van der Waals surface area contributed by atoms with Crippen LogP contribution in [0.3, 0.4) is 0 Å². The molecule has 2 unspecified atom stereocenters. The van der Waals surface area contributed by atoms with Crippen LogP contribution in [-0.4, -0.2) is 13.1 Å². The molecule has 0 amide bonds. The minimum absolute atomic E-state index is 0.134. The highest BCUT2D eigenvalue weighted by Crippen LogP contribution is 2.33. The largest absolute Gasteiger partial charge is 0.369 e. The molecule has 1 fully saturated rings. The molecule has 1 saturated heterocycles. The first kappa shape index (κ1) is 13.3. The van der Waals surface area contributed by atoms with Crippen LogP contribution < -0.4 is 10.6 Å². The second-order valence-electron chi connectivity index (χ2n) is 5.66. The minimum Gasteiger partial charge on any atom is -0.369 e. The minimum atomic E-state index is -0.147. The Morgan fingerprint density at radius 1 is 1.33 bits per heavy atom. The molecule has 0 aromatic heterocycles. The lowest BCUT2D eigenvalue weighted by Crippen LogP contribution is -2.39. The Balaban J connectivity index is 2.33. The van der Waals surface area contributed by atoms with Gasteiger partial charge in [-0.2, -0.15) is 0 Å². The van der Waals surface area contributed by atoms with E-state index in [1.165, 1.54) is 6.07 Å². The van der Waals surface area contributed by atoms with E-state index in [1.807, 2.05) is 13.0 Å². The van der Waals surface area contributed by atoms with E-state index in [0.29, 0.717) is 17.5 Å². The number of piperidine rings is 1. The summed E-state index contributed by atoms with van der Waals surface area (Å²) < 4.78 is 14.1. The summed E-state index contributed by atoms with van der Waals surface area (Å²) >= 11 is 0. The van der Waals surface area contributed by atoms with Gasteiger partial charge >= 0.3 is 0 Å². The highest BCUT2D eigenvalue weighted by molar-refractivity contribution is 5.56. The topological polar surface area (TPSA) is 29.3 Å². The van der Waals surface area contributed by atoms with E-state index < -0.39 is 0 Å². The Bertz CT molecular complexity index is 417. The van der Waals surface area contributed by atoms with Crippen molar-refractivity contribution < 1.29 is 4.39 Å². The van der Waals surface area contributed by atoms with Crippen molar-refractivity contribution in [3.63, 3.8) is 0 Å². The molecule has 2 nitrogen and oxygen atoms in total. The van der Waals surface area contributed by atoms with Gasteiger partial charge in [-0.25, -0.2) is 4.39 Å². The Hall–Kier alpha value is -1.09. The fourth-order valence-electron chi connectivity index (χ4n) is 2.70. The molecule has 0 bridgehead atoms. The zero-order valence-electron chi connectivity index (χ0n) is 11.5. The first-order chi connectivity index (χ1) is 8.50. The van der Waals surface area contributed by atoms with Crippen LogP contribution in [0.1, 0.15) is 38.8 Å². The second-order valence-corrected chi connectivity index (χ2v) is 5.66. The quantitative estimate of drug-likeness (QED) is 0.872. The van der Waals surface area contributed by atoms with Crippen LogP contribution in [0.5, 0.6) is 0 Å². The van der Waals surface area contributed by atoms with Crippen molar-refractivity contribution in [3.05, 3.63) is 29.6 Å². The van der Waals surface area contributed by atoms with Crippen LogP contribution in [0, 0.1) is 17.7 Å². The molecule has 3 heteroatoms. The zero-order valence-corrected chi connectivity index (χ0v) is 11.5. The molecular weight excluding hydrogens is 227 g/mol. The van der Waals surface area contributed by atoms with E-state index in [1.54, 1.807) is 6.07 Å². The molecule has 0 saturated carbocycles. The molecule has 1 aromatic rings. The third-order valence-corrected chi connectivity index (χ3v) is 4.16. The van der Waals surface area contributed by atoms with Gasteiger partial charge in [-0.05, 0) is 36.8 Å². The van der Waals surface area contributed by atoms with Crippen molar-refractivity contribution in [1.82, 2.24) is 0 Å². The molecule has 1 aliphatic rings. The van der Waals surface area contributed by atoms with Gasteiger partial charge in [0.05, 0.1) is 5.69 Å². The highest BCUT2D eigenvalue weighted by Gasteiger charge is 2.26. The summed E-state index contributed by atoms with van der Waals surface area (Å²) in [5.74, 6) is 1.16. The SMILES string of the molecule is CC1CCN(c2c(F)cccc2[C@@H](C)N)CC1C. The maximum atomic E-state index is 14.1. The van der Waals surface area contributed by atoms with Crippen molar-refractivity contribution in [2.75, 3.05) is 18.0 Å². The van der Waals surface area contributed by atoms with Crippen LogP contribution in [0.4, 0.5) is 10.1 Å². The highest BCUT2D eigenvalue weighted by atomic mass is 19.1. The summed E-state index contributed by atoms with van der Waals surface area (Å²) in [5.41, 5.74) is 7.59. The second kappa shape index (κ2) is 5.27. The number of hydrogen-bond donors (Lipinski definition) is 1. The van der Waals surface area contributed by atoms with Crippen LogP contribution in [0.15, 0.2) is 18.2 Å². The molecule has 0 radical (unpaired) electrons. The summed E-state index contributed by atoms with van der Waals surface area (Å²) in [7, 11) is 0. The van der Waals surface area contributed by atoms with E-state index in [4.69, 9.17) is 5.73 Å². The van der Waals surface area contributed by atoms with Crippen molar-refractivity contribution in [2.24, 2.45) is 17.6 Å². The molecule has 3 atom stereocenters. The van der Waals surface area contributed by atoms with Gasteiger partial charge in [0.1, 0.15) is 5.82 Å². The number of rotatable bonds is 2. The predicted octanol–water partition coefficient (Wildman–Crippen LogP) is 3.33. The third kappa shape index (κ3) is 2.51. The lowest BCUT2D eigenvalue weighted by atomic mass is 9.88. The number of hydrogen-bond acceptors (Lipinski definition) is 2. The first-order valence-electron chi connectivity index (χ1n) is 6.79. The molecule has 2 N–H and O–H groups in total. The molecule has 1 aliphatic heterocycles. The zero-order chi connectivity index (χ0) is 13.3. The average molecular weight is 250 g/mol. The van der Waals surface area contributed by atoms with E-state index in [0.717, 1.165) is 25.1 Å². The molecule has 100 valence electrons. The molecule has 0 aliphatic carbocycles. The van der Waals surface area contributed by atoms with Gasteiger partial charge < -0.3 is 10.6 Å². The standard InChI is InChI=1S/C15H23FN2/c1-10-7-8-18(9-11(10)2)15-13(12(3)17)5-4-6-14(15)16/h4-6,10-12H,7-9,17H2,1-3H3/t10?,11?,12-/m1/s1. The van der Waals surface area contributed by atoms with E-state index in [2.05, 4.69) is 18.7 Å². The third-order valence-electron chi connectivity index (χ3n) is 4.16. The number of halogens is 1. The van der Waals surface area contributed by atoms with E-state index in [-0.39, 0.29) is 11.9 Å². The number of nitrogens with zero attached hydrogens (tertiary/aromatic N) is 1. The molecule has 1 aromatic carbocycles. The van der Waals surface area contributed by atoms with E-state index in [9.17, 15) is 4.39 Å².